The third-order valence-electron chi connectivity index (χ3n) is 3.09. The van der Waals surface area contributed by atoms with Crippen LogP contribution in [0.3, 0.4) is 0 Å². The summed E-state index contributed by atoms with van der Waals surface area (Å²) < 4.78 is 24.3. The molecule has 21 heavy (non-hydrogen) atoms. The Bertz CT molecular complexity index is 652. The largest absolute Gasteiger partial charge is 0.342 e. The van der Waals surface area contributed by atoms with Crippen molar-refractivity contribution in [2.75, 3.05) is 11.6 Å². The van der Waals surface area contributed by atoms with Crippen molar-refractivity contribution in [2.24, 2.45) is 7.05 Å². The van der Waals surface area contributed by atoms with Gasteiger partial charge in [0.05, 0.1) is 12.9 Å². The van der Waals surface area contributed by atoms with E-state index in [1.165, 1.54) is 11.3 Å². The van der Waals surface area contributed by atoms with Crippen LogP contribution in [0.2, 0.25) is 0 Å². The number of imidazole rings is 1. The van der Waals surface area contributed by atoms with Crippen LogP contribution in [-0.2, 0) is 16.2 Å². The summed E-state index contributed by atoms with van der Waals surface area (Å²) in [5.74, 6) is 0.474. The van der Waals surface area contributed by atoms with E-state index in [-0.39, 0.29) is 0 Å². The first-order chi connectivity index (χ1) is 9.51. The second-order valence-electron chi connectivity index (χ2n) is 4.75. The molecule has 0 saturated heterocycles. The molecule has 2 heterocycles. The Morgan fingerprint density at radius 3 is 2.38 bits per heavy atom. The molecule has 1 aliphatic rings. The minimum Gasteiger partial charge on any atom is -0.324 e. The van der Waals surface area contributed by atoms with Crippen LogP contribution in [0.15, 0.2) is 12.5 Å². The molecule has 1 aliphatic heterocycles. The Hall–Kier alpha value is -1.15. The van der Waals surface area contributed by atoms with Crippen molar-refractivity contribution < 1.29 is 28.7 Å². The van der Waals surface area contributed by atoms with Crippen LogP contribution >= 0.6 is 15.2 Å². The van der Waals surface area contributed by atoms with E-state index in [1.807, 2.05) is 0 Å². The maximum Gasteiger partial charge on any atom is 0.342 e. The Labute approximate surface area is 120 Å². The molecule has 0 atom stereocenters. The minimum atomic E-state index is -4.98. The van der Waals surface area contributed by atoms with Crippen LogP contribution in [0.4, 0.5) is 5.82 Å². The monoisotopic (exact) mass is 338 g/mol. The SMILES string of the molecule is CC1=CNN(CC(P(=O)(O)O)P(=O)(O)O)c2c1ncn2C. The summed E-state index contributed by atoms with van der Waals surface area (Å²) in [5.41, 5.74) is 4.12. The summed E-state index contributed by atoms with van der Waals surface area (Å²) in [6.45, 7) is 1.23. The zero-order valence-corrected chi connectivity index (χ0v) is 13.1. The first-order valence-electron chi connectivity index (χ1n) is 5.84. The molecule has 0 amide bonds. The average Bonchev–Trinajstić information content (AvgIpc) is 2.69. The van der Waals surface area contributed by atoms with Crippen LogP contribution in [0, 0.1) is 0 Å². The molecular weight excluding hydrogens is 322 g/mol. The molecule has 0 aliphatic carbocycles. The van der Waals surface area contributed by atoms with Gasteiger partial charge in [-0.25, -0.2) is 4.98 Å². The summed E-state index contributed by atoms with van der Waals surface area (Å²) in [6.07, 6.45) is 3.05. The molecule has 0 radical (unpaired) electrons. The lowest BCUT2D eigenvalue weighted by molar-refractivity contribution is 0.337. The fourth-order valence-electron chi connectivity index (χ4n) is 2.04. The normalized spacial score (nSPS) is 15.8. The summed E-state index contributed by atoms with van der Waals surface area (Å²) in [5, 5.41) is -0.856. The van der Waals surface area contributed by atoms with Crippen LogP contribution in [0.5, 0.6) is 0 Å². The topological polar surface area (TPSA) is 148 Å². The predicted octanol–water partition coefficient (Wildman–Crippen LogP) is -0.213. The minimum absolute atomic E-state index is 0.474. The molecule has 0 bridgehead atoms. The molecule has 12 heteroatoms. The molecule has 1 aromatic rings. The van der Waals surface area contributed by atoms with Crippen molar-refractivity contribution in [1.29, 1.82) is 0 Å². The number of rotatable bonds is 4. The number of aromatic nitrogens is 2. The van der Waals surface area contributed by atoms with Crippen molar-refractivity contribution in [1.82, 2.24) is 15.0 Å². The Morgan fingerprint density at radius 1 is 1.29 bits per heavy atom. The fraction of sp³-hybridized carbons (Fsp3) is 0.444. The fourth-order valence-corrected chi connectivity index (χ4v) is 4.36. The third kappa shape index (κ3) is 3.21. The molecule has 0 spiro atoms. The Morgan fingerprint density at radius 2 is 1.86 bits per heavy atom. The lowest BCUT2D eigenvalue weighted by Crippen LogP contribution is -2.43. The average molecular weight is 338 g/mol. The number of nitrogens with one attached hydrogen (secondary N) is 1. The van der Waals surface area contributed by atoms with E-state index >= 15 is 0 Å². The number of allylic oxidation sites excluding steroid dienone is 1. The van der Waals surface area contributed by atoms with E-state index in [0.717, 1.165) is 5.57 Å². The second-order valence-corrected chi connectivity index (χ2v) is 8.76. The van der Waals surface area contributed by atoms with E-state index in [2.05, 4.69) is 10.4 Å². The molecule has 10 nitrogen and oxygen atoms in total. The molecule has 2 rings (SSSR count). The van der Waals surface area contributed by atoms with E-state index < -0.39 is 27.1 Å². The third-order valence-corrected chi connectivity index (χ3v) is 6.78. The van der Waals surface area contributed by atoms with Gasteiger partial charge in [-0.3, -0.25) is 14.1 Å². The summed E-state index contributed by atoms with van der Waals surface area (Å²) >= 11 is 0. The molecule has 118 valence electrons. The molecule has 0 saturated carbocycles. The molecular formula is C9H16N4O6P2. The van der Waals surface area contributed by atoms with Gasteiger partial charge in [0.15, 0.2) is 11.2 Å². The van der Waals surface area contributed by atoms with Crippen LogP contribution in [-0.4, -0.2) is 41.1 Å². The van der Waals surface area contributed by atoms with Gasteiger partial charge < -0.3 is 29.6 Å². The quantitative estimate of drug-likeness (QED) is 0.470. The number of aryl methyl sites for hydroxylation is 1. The highest BCUT2D eigenvalue weighted by Gasteiger charge is 2.45. The van der Waals surface area contributed by atoms with Crippen molar-refractivity contribution in [3.8, 4) is 0 Å². The highest BCUT2D eigenvalue weighted by atomic mass is 31.2. The van der Waals surface area contributed by atoms with Crippen LogP contribution in [0.25, 0.3) is 5.57 Å². The van der Waals surface area contributed by atoms with Gasteiger partial charge in [-0.05, 0) is 12.5 Å². The van der Waals surface area contributed by atoms with Crippen molar-refractivity contribution in [3.63, 3.8) is 0 Å². The van der Waals surface area contributed by atoms with Gasteiger partial charge in [0.2, 0.25) is 0 Å². The van der Waals surface area contributed by atoms with Crippen LogP contribution in [0.1, 0.15) is 12.6 Å². The number of fused-ring (bicyclic) bond motifs is 1. The summed E-state index contributed by atoms with van der Waals surface area (Å²) in [7, 11) is -8.30. The maximum atomic E-state index is 11.4. The Balaban J connectivity index is 2.38. The van der Waals surface area contributed by atoms with Gasteiger partial charge in [0, 0.05) is 13.2 Å². The lowest BCUT2D eigenvalue weighted by atomic mass is 10.2. The van der Waals surface area contributed by atoms with Crippen molar-refractivity contribution in [2.45, 2.75) is 12.3 Å². The summed E-state index contributed by atoms with van der Waals surface area (Å²) in [4.78, 5) is 40.9. The lowest BCUT2D eigenvalue weighted by Gasteiger charge is -2.32. The van der Waals surface area contributed by atoms with E-state index in [1.54, 1.807) is 24.7 Å². The van der Waals surface area contributed by atoms with Crippen molar-refractivity contribution >= 4 is 26.6 Å². The van der Waals surface area contributed by atoms with Crippen LogP contribution < -0.4 is 10.4 Å². The molecule has 1 aromatic heterocycles. The van der Waals surface area contributed by atoms with Crippen molar-refractivity contribution in [3.05, 3.63) is 18.2 Å². The first-order valence-corrected chi connectivity index (χ1v) is 9.20. The van der Waals surface area contributed by atoms with Gasteiger partial charge in [-0.1, -0.05) is 0 Å². The first kappa shape index (κ1) is 16.2. The number of nitrogens with zero attached hydrogens (tertiary/aromatic N) is 3. The number of anilines is 1. The number of hydrazine groups is 1. The molecule has 0 aromatic carbocycles. The molecule has 0 fully saturated rings. The molecule has 5 N–H and O–H groups in total. The number of hydrogen-bond acceptors (Lipinski definition) is 5. The van der Waals surface area contributed by atoms with Gasteiger partial charge in [0.25, 0.3) is 0 Å². The zero-order valence-electron chi connectivity index (χ0n) is 11.3. The zero-order chi connectivity index (χ0) is 16.0. The van der Waals surface area contributed by atoms with Gasteiger partial charge in [-0.2, -0.15) is 0 Å². The van der Waals surface area contributed by atoms with E-state index in [4.69, 9.17) is 0 Å². The van der Waals surface area contributed by atoms with Gasteiger partial charge >= 0.3 is 15.2 Å². The molecule has 0 unspecified atom stereocenters. The maximum absolute atomic E-state index is 11.4. The van der Waals surface area contributed by atoms with E-state index in [9.17, 15) is 28.7 Å². The van der Waals surface area contributed by atoms with Gasteiger partial charge in [0.1, 0.15) is 5.69 Å². The van der Waals surface area contributed by atoms with Gasteiger partial charge in [-0.15, -0.1) is 0 Å². The standard InChI is InChI=1S/C9H16N4O6P2/c1-6-3-11-13(9-8(6)10-5-12(9)2)4-7(20(14,15)16)21(17,18)19/h3,5,7,11H,4H2,1-2H3,(H2,14,15,16)(H2,17,18,19). The predicted molar refractivity (Wildman–Crippen MR) is 75.2 cm³/mol. The summed E-state index contributed by atoms with van der Waals surface area (Å²) in [6, 6.07) is 0. The smallest absolute Gasteiger partial charge is 0.324 e. The highest BCUT2D eigenvalue weighted by molar-refractivity contribution is 7.70. The number of hydrogen-bond donors (Lipinski definition) is 5. The van der Waals surface area contributed by atoms with E-state index in [0.29, 0.717) is 11.5 Å². The highest BCUT2D eigenvalue weighted by Crippen LogP contribution is 2.60. The second kappa shape index (κ2) is 5.24. The Kier molecular flexibility index (Phi) is 4.05.